The summed E-state index contributed by atoms with van der Waals surface area (Å²) in [6.07, 6.45) is 1.76. The largest absolute Gasteiger partial charge is 0.488 e. The molecule has 0 fully saturated rings. The fourth-order valence-corrected chi connectivity index (χ4v) is 3.31. The minimum Gasteiger partial charge on any atom is -0.488 e. The number of ether oxygens (including phenoxy) is 1. The van der Waals surface area contributed by atoms with Crippen LogP contribution in [-0.4, -0.2) is 23.9 Å². The van der Waals surface area contributed by atoms with Crippen LogP contribution in [0, 0.1) is 0 Å². The van der Waals surface area contributed by atoms with E-state index in [4.69, 9.17) is 10.5 Å². The molecule has 156 valence electrons. The number of rotatable bonds is 10. The lowest BCUT2D eigenvalue weighted by molar-refractivity contribution is 0.0737. The Morgan fingerprint density at radius 3 is 2.23 bits per heavy atom. The summed E-state index contributed by atoms with van der Waals surface area (Å²) in [7, 11) is 0. The van der Waals surface area contributed by atoms with Crippen LogP contribution in [0.25, 0.3) is 0 Å². The van der Waals surface area contributed by atoms with Crippen LogP contribution >= 0.6 is 0 Å². The second-order valence-corrected chi connectivity index (χ2v) is 7.31. The van der Waals surface area contributed by atoms with E-state index in [1.54, 1.807) is 0 Å². The van der Waals surface area contributed by atoms with Gasteiger partial charge in [0.1, 0.15) is 12.4 Å². The van der Waals surface area contributed by atoms with Crippen LogP contribution in [0.2, 0.25) is 0 Å². The molecule has 0 aliphatic heterocycles. The Balaban J connectivity index is 1.77. The highest BCUT2D eigenvalue weighted by atomic mass is 16.5. The fraction of sp³-hybridized carbons (Fsp3) is 0.269. The maximum absolute atomic E-state index is 13.4. The molecule has 4 nitrogen and oxygen atoms in total. The lowest BCUT2D eigenvalue weighted by atomic mass is 10.1. The second kappa shape index (κ2) is 11.2. The number of hydrogen-bond acceptors (Lipinski definition) is 3. The highest BCUT2D eigenvalue weighted by molar-refractivity contribution is 5.96. The molecule has 0 aromatic heterocycles. The minimum atomic E-state index is -0.0355. The van der Waals surface area contributed by atoms with Crippen LogP contribution in [0.1, 0.15) is 40.4 Å². The van der Waals surface area contributed by atoms with Gasteiger partial charge in [-0.3, -0.25) is 4.79 Å². The quantitative estimate of drug-likeness (QED) is 0.529. The van der Waals surface area contributed by atoms with Gasteiger partial charge in [0.25, 0.3) is 5.91 Å². The number of para-hydroxylation sites is 1. The third-order valence-corrected chi connectivity index (χ3v) is 5.08. The van der Waals surface area contributed by atoms with Gasteiger partial charge in [-0.05, 0) is 48.2 Å². The third kappa shape index (κ3) is 5.94. The summed E-state index contributed by atoms with van der Waals surface area (Å²) in [5.74, 6) is 0.567. The van der Waals surface area contributed by atoms with Crippen molar-refractivity contribution in [1.82, 2.24) is 4.90 Å². The Kier molecular flexibility index (Phi) is 8.04. The van der Waals surface area contributed by atoms with Crippen molar-refractivity contribution in [2.75, 3.05) is 13.1 Å². The van der Waals surface area contributed by atoms with Gasteiger partial charge in [-0.1, -0.05) is 73.7 Å². The van der Waals surface area contributed by atoms with E-state index in [2.05, 4.69) is 31.2 Å². The fourth-order valence-electron chi connectivity index (χ4n) is 3.31. The lowest BCUT2D eigenvalue weighted by Gasteiger charge is -2.24. The van der Waals surface area contributed by atoms with Gasteiger partial charge in [-0.25, -0.2) is 0 Å². The standard InChI is InChI=1S/C26H30N2O2/c1-2-21-13-15-22(16-14-21)19-28(18-8-17-27)26(29)24-11-6-7-12-25(24)30-20-23-9-4-3-5-10-23/h3-7,9-16H,2,8,17-20,27H2,1H3. The first-order chi connectivity index (χ1) is 14.7. The SMILES string of the molecule is CCc1ccc(CN(CCCN)C(=O)c2ccccc2OCc2ccccc2)cc1. The molecule has 30 heavy (non-hydrogen) atoms. The zero-order chi connectivity index (χ0) is 21.2. The average Bonchev–Trinajstić information content (AvgIpc) is 2.81. The number of aryl methyl sites for hydroxylation is 1. The number of amides is 1. The molecule has 0 atom stereocenters. The van der Waals surface area contributed by atoms with Crippen LogP contribution < -0.4 is 10.5 Å². The first kappa shape index (κ1) is 21.6. The number of nitrogens with zero attached hydrogens (tertiary/aromatic N) is 1. The van der Waals surface area contributed by atoms with Crippen molar-refractivity contribution in [1.29, 1.82) is 0 Å². The minimum absolute atomic E-state index is 0.0355. The molecule has 0 aliphatic carbocycles. The van der Waals surface area contributed by atoms with E-state index >= 15 is 0 Å². The van der Waals surface area contributed by atoms with Crippen molar-refractivity contribution >= 4 is 5.91 Å². The monoisotopic (exact) mass is 402 g/mol. The van der Waals surface area contributed by atoms with Gasteiger partial charge >= 0.3 is 0 Å². The van der Waals surface area contributed by atoms with Crippen molar-refractivity contribution < 1.29 is 9.53 Å². The van der Waals surface area contributed by atoms with Gasteiger partial charge < -0.3 is 15.4 Å². The first-order valence-corrected chi connectivity index (χ1v) is 10.5. The summed E-state index contributed by atoms with van der Waals surface area (Å²) in [6.45, 7) is 4.27. The van der Waals surface area contributed by atoms with Gasteiger partial charge in [0.05, 0.1) is 5.56 Å². The third-order valence-electron chi connectivity index (χ3n) is 5.08. The van der Waals surface area contributed by atoms with E-state index in [0.29, 0.717) is 37.6 Å². The summed E-state index contributed by atoms with van der Waals surface area (Å²) in [5, 5.41) is 0. The molecule has 0 radical (unpaired) electrons. The van der Waals surface area contributed by atoms with E-state index in [9.17, 15) is 4.79 Å². The van der Waals surface area contributed by atoms with E-state index in [-0.39, 0.29) is 5.91 Å². The van der Waals surface area contributed by atoms with E-state index in [1.807, 2.05) is 59.5 Å². The Bertz CT molecular complexity index is 923. The molecule has 0 saturated carbocycles. The number of hydrogen-bond donors (Lipinski definition) is 1. The van der Waals surface area contributed by atoms with Gasteiger partial charge in [0, 0.05) is 13.1 Å². The summed E-state index contributed by atoms with van der Waals surface area (Å²) in [6, 6.07) is 25.9. The predicted octanol–water partition coefficient (Wildman–Crippen LogP) is 4.82. The van der Waals surface area contributed by atoms with Crippen LogP contribution in [-0.2, 0) is 19.6 Å². The molecule has 3 aromatic carbocycles. The van der Waals surface area contributed by atoms with Crippen LogP contribution in [0.15, 0.2) is 78.9 Å². The molecule has 0 unspecified atom stereocenters. The zero-order valence-electron chi connectivity index (χ0n) is 17.6. The second-order valence-electron chi connectivity index (χ2n) is 7.31. The van der Waals surface area contributed by atoms with Gasteiger partial charge in [0.2, 0.25) is 0 Å². The molecule has 3 aromatic rings. The Morgan fingerprint density at radius 1 is 0.867 bits per heavy atom. The van der Waals surface area contributed by atoms with Crippen molar-refractivity contribution in [3.63, 3.8) is 0 Å². The molecular formula is C26H30N2O2. The van der Waals surface area contributed by atoms with Crippen molar-refractivity contribution in [3.05, 3.63) is 101 Å². The summed E-state index contributed by atoms with van der Waals surface area (Å²) < 4.78 is 6.01. The summed E-state index contributed by atoms with van der Waals surface area (Å²) >= 11 is 0. The average molecular weight is 403 g/mol. The van der Waals surface area contributed by atoms with E-state index < -0.39 is 0 Å². The Labute approximate surface area is 179 Å². The van der Waals surface area contributed by atoms with Crippen molar-refractivity contribution in [2.45, 2.75) is 32.9 Å². The molecule has 0 aliphatic rings. The van der Waals surface area contributed by atoms with E-state index in [0.717, 1.165) is 24.0 Å². The van der Waals surface area contributed by atoms with Crippen LogP contribution in [0.3, 0.4) is 0 Å². The molecule has 0 saturated heterocycles. The highest BCUT2D eigenvalue weighted by Crippen LogP contribution is 2.22. The molecule has 3 rings (SSSR count). The molecular weight excluding hydrogens is 372 g/mol. The molecule has 2 N–H and O–H groups in total. The molecule has 0 bridgehead atoms. The summed E-state index contributed by atoms with van der Waals surface area (Å²) in [5.41, 5.74) is 9.77. The maximum atomic E-state index is 13.4. The van der Waals surface area contributed by atoms with Gasteiger partial charge in [0.15, 0.2) is 0 Å². The summed E-state index contributed by atoms with van der Waals surface area (Å²) in [4.78, 5) is 15.3. The predicted molar refractivity (Wildman–Crippen MR) is 121 cm³/mol. The van der Waals surface area contributed by atoms with E-state index in [1.165, 1.54) is 5.56 Å². The molecule has 1 amide bonds. The Morgan fingerprint density at radius 2 is 1.53 bits per heavy atom. The van der Waals surface area contributed by atoms with Gasteiger partial charge in [-0.2, -0.15) is 0 Å². The smallest absolute Gasteiger partial charge is 0.257 e. The molecule has 0 spiro atoms. The van der Waals surface area contributed by atoms with Crippen molar-refractivity contribution in [2.24, 2.45) is 5.73 Å². The van der Waals surface area contributed by atoms with Crippen LogP contribution in [0.4, 0.5) is 0 Å². The normalized spacial score (nSPS) is 10.6. The lowest BCUT2D eigenvalue weighted by Crippen LogP contribution is -2.32. The maximum Gasteiger partial charge on any atom is 0.257 e. The Hall–Kier alpha value is -3.11. The molecule has 4 heteroatoms. The van der Waals surface area contributed by atoms with Gasteiger partial charge in [-0.15, -0.1) is 0 Å². The number of benzene rings is 3. The van der Waals surface area contributed by atoms with Crippen molar-refractivity contribution in [3.8, 4) is 5.75 Å². The van der Waals surface area contributed by atoms with Crippen LogP contribution in [0.5, 0.6) is 5.75 Å². The zero-order valence-corrected chi connectivity index (χ0v) is 17.6. The number of carbonyl (C=O) groups is 1. The number of carbonyl (C=O) groups excluding carboxylic acids is 1. The highest BCUT2D eigenvalue weighted by Gasteiger charge is 2.19. The first-order valence-electron chi connectivity index (χ1n) is 10.5. The molecule has 0 heterocycles. The number of nitrogens with two attached hydrogens (primary N) is 1. The topological polar surface area (TPSA) is 55.6 Å².